The summed E-state index contributed by atoms with van der Waals surface area (Å²) in [4.78, 5) is 24.0. The molecule has 2 aromatic carbocycles. The molecule has 0 saturated carbocycles. The Labute approximate surface area is 168 Å². The van der Waals surface area contributed by atoms with Gasteiger partial charge in [0.25, 0.3) is 0 Å². The van der Waals surface area contributed by atoms with Gasteiger partial charge in [-0.3, -0.25) is 4.79 Å². The molecule has 0 radical (unpaired) electrons. The fraction of sp³-hybridized carbons (Fsp3) is 0.105. The molecule has 3 rings (SSSR count). The highest BCUT2D eigenvalue weighted by Crippen LogP contribution is 2.27. The van der Waals surface area contributed by atoms with Gasteiger partial charge in [0.2, 0.25) is 5.78 Å². The van der Waals surface area contributed by atoms with Gasteiger partial charge in [0.1, 0.15) is 11.4 Å². The van der Waals surface area contributed by atoms with Crippen LogP contribution in [0.4, 0.5) is 0 Å². The lowest BCUT2D eigenvalue weighted by Crippen LogP contribution is -2.24. The molecule has 0 saturated heterocycles. The van der Waals surface area contributed by atoms with Gasteiger partial charge >= 0.3 is 5.97 Å². The van der Waals surface area contributed by atoms with Crippen molar-refractivity contribution in [2.24, 2.45) is 0 Å². The van der Waals surface area contributed by atoms with Gasteiger partial charge in [0, 0.05) is 10.7 Å². The summed E-state index contributed by atoms with van der Waals surface area (Å²) in [7, 11) is 0. The Morgan fingerprint density at radius 2 is 1.96 bits per heavy atom. The number of carbonyl (C=O) groups is 2. The number of rotatable bonds is 6. The first-order chi connectivity index (χ1) is 12.9. The number of ether oxygens (including phenoxy) is 1. The maximum Gasteiger partial charge on any atom is 0.344 e. The molecule has 6 nitrogen and oxygen atoms in total. The van der Waals surface area contributed by atoms with E-state index in [1.54, 1.807) is 48.7 Å². The summed E-state index contributed by atoms with van der Waals surface area (Å²) in [5.74, 6) is -1.35. The quantitative estimate of drug-likeness (QED) is 0.565. The molecule has 1 unspecified atom stereocenters. The van der Waals surface area contributed by atoms with Crippen LogP contribution in [0.2, 0.25) is 5.02 Å². The molecule has 0 fully saturated rings. The zero-order valence-corrected chi connectivity index (χ0v) is 16.4. The van der Waals surface area contributed by atoms with Gasteiger partial charge in [0.15, 0.2) is 6.10 Å². The summed E-state index contributed by atoms with van der Waals surface area (Å²) in [6.07, 6.45) is 0.533. The fourth-order valence-electron chi connectivity index (χ4n) is 2.38. The van der Waals surface area contributed by atoms with Crippen LogP contribution in [0, 0.1) is 0 Å². The van der Waals surface area contributed by atoms with Gasteiger partial charge in [0.05, 0.1) is 16.3 Å². The third kappa shape index (κ3) is 4.20. The lowest BCUT2D eigenvalue weighted by molar-refractivity contribution is -0.144. The maximum absolute atomic E-state index is 12.9. The predicted molar refractivity (Wildman–Crippen MR) is 104 cm³/mol. The Kier molecular flexibility index (Phi) is 5.62. The van der Waals surface area contributed by atoms with Crippen LogP contribution in [0.15, 0.2) is 59.2 Å². The van der Waals surface area contributed by atoms with E-state index >= 15 is 0 Å². The predicted octanol–water partition coefficient (Wildman–Crippen LogP) is 4.37. The third-order valence-electron chi connectivity index (χ3n) is 3.76. The second kappa shape index (κ2) is 7.94. The van der Waals surface area contributed by atoms with Crippen molar-refractivity contribution in [1.82, 2.24) is 9.78 Å². The van der Waals surface area contributed by atoms with E-state index in [4.69, 9.17) is 21.4 Å². The smallest absolute Gasteiger partial charge is 0.344 e. The highest BCUT2D eigenvalue weighted by atomic mass is 79.9. The van der Waals surface area contributed by atoms with Gasteiger partial charge < -0.3 is 9.84 Å². The number of carboxylic acid groups (broad SMARTS) is 1. The monoisotopic (exact) mass is 448 g/mol. The average Bonchev–Trinajstić information content (AvgIpc) is 3.12. The number of hydrogen-bond donors (Lipinski definition) is 1. The van der Waals surface area contributed by atoms with Crippen molar-refractivity contribution in [2.75, 3.05) is 0 Å². The minimum absolute atomic E-state index is 0.172. The van der Waals surface area contributed by atoms with E-state index < -0.39 is 17.9 Å². The van der Waals surface area contributed by atoms with Crippen molar-refractivity contribution in [1.29, 1.82) is 0 Å². The number of hydrogen-bond acceptors (Lipinski definition) is 4. The Hall–Kier alpha value is -2.64. The number of carbonyl (C=O) groups excluding carboxylic acids is 1. The van der Waals surface area contributed by atoms with Crippen molar-refractivity contribution >= 4 is 39.3 Å². The molecule has 27 heavy (non-hydrogen) atoms. The van der Waals surface area contributed by atoms with Gasteiger partial charge in [-0.05, 0) is 43.3 Å². The Morgan fingerprint density at radius 1 is 1.22 bits per heavy atom. The Morgan fingerprint density at radius 3 is 2.67 bits per heavy atom. The van der Waals surface area contributed by atoms with Crippen LogP contribution < -0.4 is 4.74 Å². The fourth-order valence-corrected chi connectivity index (χ4v) is 2.96. The molecule has 1 aromatic heterocycles. The standard InChI is InChI=1S/C19H14BrClN2O4/c1-11(19(25)26)27-17-7-6-12(20)10-13(17)18(24)15-8-9-23(22-15)16-5-3-2-4-14(16)21/h2-11H,1H3,(H,25,26). The number of halogens is 2. The van der Waals surface area contributed by atoms with E-state index in [0.29, 0.717) is 15.2 Å². The number of benzene rings is 2. The molecule has 1 heterocycles. The number of aromatic nitrogens is 2. The average molecular weight is 450 g/mol. The summed E-state index contributed by atoms with van der Waals surface area (Å²) >= 11 is 9.49. The van der Waals surface area contributed by atoms with Crippen LogP contribution in [0.25, 0.3) is 5.69 Å². The number of carboxylic acids is 1. The van der Waals surface area contributed by atoms with Crippen LogP contribution in [-0.2, 0) is 4.79 Å². The molecule has 0 aliphatic carbocycles. The summed E-state index contributed by atoms with van der Waals surface area (Å²) in [6.45, 7) is 1.39. The van der Waals surface area contributed by atoms with Crippen molar-refractivity contribution < 1.29 is 19.4 Å². The van der Waals surface area contributed by atoms with Crippen LogP contribution in [0.1, 0.15) is 23.0 Å². The molecular formula is C19H14BrClN2O4. The molecule has 8 heteroatoms. The van der Waals surface area contributed by atoms with E-state index in [2.05, 4.69) is 21.0 Å². The Bertz CT molecular complexity index is 1020. The number of para-hydroxylation sites is 1. The van der Waals surface area contributed by atoms with E-state index in [-0.39, 0.29) is 17.0 Å². The van der Waals surface area contributed by atoms with Crippen molar-refractivity contribution in [3.63, 3.8) is 0 Å². The van der Waals surface area contributed by atoms with Crippen molar-refractivity contribution in [2.45, 2.75) is 13.0 Å². The molecule has 0 amide bonds. The second-order valence-electron chi connectivity index (χ2n) is 5.66. The molecular weight excluding hydrogens is 436 g/mol. The normalized spacial score (nSPS) is 11.8. The SMILES string of the molecule is CC(Oc1ccc(Br)cc1C(=O)c1ccn(-c2ccccc2Cl)n1)C(=O)O. The van der Waals surface area contributed by atoms with Gasteiger partial charge in [-0.15, -0.1) is 0 Å². The van der Waals surface area contributed by atoms with Crippen LogP contribution in [0.3, 0.4) is 0 Å². The largest absolute Gasteiger partial charge is 0.479 e. The van der Waals surface area contributed by atoms with E-state index in [9.17, 15) is 9.59 Å². The third-order valence-corrected chi connectivity index (χ3v) is 4.57. The summed E-state index contributed by atoms with van der Waals surface area (Å²) in [6, 6.07) is 13.5. The van der Waals surface area contributed by atoms with Crippen LogP contribution >= 0.6 is 27.5 Å². The summed E-state index contributed by atoms with van der Waals surface area (Å²) in [5, 5.41) is 13.9. The molecule has 0 aliphatic heterocycles. The zero-order valence-electron chi connectivity index (χ0n) is 14.1. The van der Waals surface area contributed by atoms with Crippen molar-refractivity contribution in [3.8, 4) is 11.4 Å². The molecule has 0 aliphatic rings. The highest BCUT2D eigenvalue weighted by molar-refractivity contribution is 9.10. The second-order valence-corrected chi connectivity index (χ2v) is 6.99. The van der Waals surface area contributed by atoms with Gasteiger partial charge in [-0.2, -0.15) is 5.10 Å². The highest BCUT2D eigenvalue weighted by Gasteiger charge is 2.21. The lowest BCUT2D eigenvalue weighted by Gasteiger charge is -2.13. The minimum Gasteiger partial charge on any atom is -0.479 e. The first kappa shape index (κ1) is 19.1. The Balaban J connectivity index is 1.96. The number of nitrogens with zero attached hydrogens (tertiary/aromatic N) is 2. The van der Waals surface area contributed by atoms with E-state index in [1.807, 2.05) is 6.07 Å². The molecule has 0 spiro atoms. The topological polar surface area (TPSA) is 81.4 Å². The summed E-state index contributed by atoms with van der Waals surface area (Å²) in [5.41, 5.74) is 1.03. The molecule has 1 N–H and O–H groups in total. The zero-order chi connectivity index (χ0) is 19.6. The molecule has 0 bridgehead atoms. The number of ketones is 1. The van der Waals surface area contributed by atoms with Crippen molar-refractivity contribution in [3.05, 3.63) is 75.5 Å². The minimum atomic E-state index is -1.13. The first-order valence-electron chi connectivity index (χ1n) is 7.91. The van der Waals surface area contributed by atoms with E-state index in [1.165, 1.54) is 11.6 Å². The summed E-state index contributed by atoms with van der Waals surface area (Å²) < 4.78 is 7.59. The van der Waals surface area contributed by atoms with Crippen LogP contribution in [0.5, 0.6) is 5.75 Å². The van der Waals surface area contributed by atoms with Gasteiger partial charge in [-0.25, -0.2) is 9.48 Å². The lowest BCUT2D eigenvalue weighted by atomic mass is 10.1. The molecule has 138 valence electrons. The molecule has 1 atom stereocenters. The van der Waals surface area contributed by atoms with E-state index in [0.717, 1.165) is 0 Å². The van der Waals surface area contributed by atoms with Gasteiger partial charge in [-0.1, -0.05) is 39.7 Å². The number of aliphatic carboxylic acids is 1. The molecule has 3 aromatic rings. The van der Waals surface area contributed by atoms with Crippen LogP contribution in [-0.4, -0.2) is 32.7 Å². The first-order valence-corrected chi connectivity index (χ1v) is 9.08. The maximum atomic E-state index is 12.9.